The van der Waals surface area contributed by atoms with Crippen LogP contribution in [0.3, 0.4) is 0 Å². The number of rotatable bonds is 10. The zero-order chi connectivity index (χ0) is 31.6. The van der Waals surface area contributed by atoms with Crippen LogP contribution in [0.4, 0.5) is 0 Å². The maximum Gasteiger partial charge on any atom is 0.331 e. The van der Waals surface area contributed by atoms with Crippen molar-refractivity contribution < 1.29 is 57.3 Å². The van der Waals surface area contributed by atoms with E-state index in [0.717, 1.165) is 11.1 Å². The molecule has 4 aliphatic rings. The van der Waals surface area contributed by atoms with E-state index in [4.69, 9.17) is 47.4 Å². The third-order valence-corrected chi connectivity index (χ3v) is 8.42. The van der Waals surface area contributed by atoms with Crippen LogP contribution in [-0.2, 0) is 58.8 Å². The summed E-state index contributed by atoms with van der Waals surface area (Å²) in [7, 11) is 1.30. The Morgan fingerprint density at radius 1 is 0.867 bits per heavy atom. The number of fused-ring (bicyclic) bond motifs is 2. The van der Waals surface area contributed by atoms with Gasteiger partial charge in [-0.2, -0.15) is 0 Å². The standard InChI is InChI=1S/C33H41O12/c1-19-25(29-30(31(35)41-19)45-33(2,3)44-29)38-16-22-26(39-18-24(34)36-4)28(37-15-20-11-7-5-8-12-20)27-23(42-22)17-40-32(43-27)21-13-9-6-10-14-21/h5-14,19,22-23,25-32H,15-18H2,1-4H3/q-1/t19-,22-,23+,25-,26+,27+,28+,29+,30+,31+,32?/m0/s1. The van der Waals surface area contributed by atoms with Gasteiger partial charge in [0.1, 0.15) is 55.4 Å². The molecule has 0 N–H and O–H groups in total. The first-order valence-electron chi connectivity index (χ1n) is 15.3. The fourth-order valence-corrected chi connectivity index (χ4v) is 6.31. The van der Waals surface area contributed by atoms with Crippen molar-refractivity contribution in [3.63, 3.8) is 0 Å². The van der Waals surface area contributed by atoms with Gasteiger partial charge in [-0.15, -0.1) is 0 Å². The molecular weight excluding hydrogens is 588 g/mol. The van der Waals surface area contributed by atoms with Crippen molar-refractivity contribution in [1.82, 2.24) is 0 Å². The molecule has 4 heterocycles. The molecule has 11 atom stereocenters. The summed E-state index contributed by atoms with van der Waals surface area (Å²) in [5.41, 5.74) is 1.81. The number of carbonyl (C=O) groups is 1. The van der Waals surface area contributed by atoms with Crippen LogP contribution in [0, 0.1) is 0 Å². The predicted octanol–water partition coefficient (Wildman–Crippen LogP) is 2.02. The third-order valence-electron chi connectivity index (χ3n) is 8.42. The van der Waals surface area contributed by atoms with Crippen LogP contribution in [0.15, 0.2) is 60.7 Å². The Morgan fingerprint density at radius 3 is 2.31 bits per heavy atom. The van der Waals surface area contributed by atoms with Gasteiger partial charge >= 0.3 is 5.97 Å². The van der Waals surface area contributed by atoms with Gasteiger partial charge in [-0.1, -0.05) is 60.7 Å². The summed E-state index contributed by atoms with van der Waals surface area (Å²) in [6, 6.07) is 19.4. The van der Waals surface area contributed by atoms with Crippen LogP contribution in [0.1, 0.15) is 38.2 Å². The van der Waals surface area contributed by atoms with E-state index in [1.54, 1.807) is 20.8 Å². The molecule has 0 radical (unpaired) electrons. The molecule has 0 bridgehead atoms. The average Bonchev–Trinajstić information content (AvgIpc) is 3.38. The Morgan fingerprint density at radius 2 is 1.58 bits per heavy atom. The van der Waals surface area contributed by atoms with Crippen molar-refractivity contribution >= 4 is 5.97 Å². The van der Waals surface area contributed by atoms with E-state index >= 15 is 0 Å². The zero-order valence-electron chi connectivity index (χ0n) is 25.9. The maximum atomic E-state index is 12.6. The molecule has 12 nitrogen and oxygen atoms in total. The van der Waals surface area contributed by atoms with Crippen molar-refractivity contribution in [2.45, 2.75) is 101 Å². The fourth-order valence-electron chi connectivity index (χ4n) is 6.31. The first-order chi connectivity index (χ1) is 21.7. The minimum atomic E-state index is -1.40. The average molecular weight is 630 g/mol. The van der Waals surface area contributed by atoms with Crippen LogP contribution in [0.5, 0.6) is 0 Å². The SMILES string of the molecule is COC(=O)CO[C@H]1[C@@H](OCc2ccccc2)[C@@H]2OC(c3ccccc3)OC[C@H]2O[C@H]1CO[C@@H]1[C@H]2OC(C)(C)O[C@H]2[C@H]([O-])O[C@H]1C. The molecule has 0 aliphatic carbocycles. The summed E-state index contributed by atoms with van der Waals surface area (Å²) in [6.45, 7) is 5.44. The predicted molar refractivity (Wildman–Crippen MR) is 153 cm³/mol. The van der Waals surface area contributed by atoms with Crippen molar-refractivity contribution in [1.29, 1.82) is 0 Å². The van der Waals surface area contributed by atoms with Gasteiger partial charge in [0.25, 0.3) is 0 Å². The molecule has 0 saturated carbocycles. The molecule has 1 unspecified atom stereocenters. The third kappa shape index (κ3) is 7.41. The topological polar surface area (TPSA) is 132 Å². The Bertz CT molecular complexity index is 1240. The Kier molecular flexibility index (Phi) is 10.2. The van der Waals surface area contributed by atoms with Gasteiger partial charge in [0, 0.05) is 11.9 Å². The number of esters is 1. The number of hydrogen-bond donors (Lipinski definition) is 0. The Balaban J connectivity index is 1.25. The highest BCUT2D eigenvalue weighted by Gasteiger charge is 2.54. The molecule has 0 spiro atoms. The van der Waals surface area contributed by atoms with E-state index in [0.29, 0.717) is 0 Å². The van der Waals surface area contributed by atoms with Gasteiger partial charge in [0.15, 0.2) is 12.1 Å². The highest BCUT2D eigenvalue weighted by Crippen LogP contribution is 2.39. The molecule has 0 aromatic heterocycles. The maximum absolute atomic E-state index is 12.6. The number of carbonyl (C=O) groups excluding carboxylic acids is 1. The molecule has 45 heavy (non-hydrogen) atoms. The van der Waals surface area contributed by atoms with Crippen LogP contribution in [0.2, 0.25) is 0 Å². The minimum Gasteiger partial charge on any atom is -0.829 e. The highest BCUT2D eigenvalue weighted by atomic mass is 16.8. The van der Waals surface area contributed by atoms with Gasteiger partial charge in [-0.3, -0.25) is 0 Å². The summed E-state index contributed by atoms with van der Waals surface area (Å²) >= 11 is 0. The van der Waals surface area contributed by atoms with Gasteiger partial charge < -0.3 is 52.5 Å². The van der Waals surface area contributed by atoms with Gasteiger partial charge in [-0.05, 0) is 26.3 Å². The molecule has 6 rings (SSSR count). The van der Waals surface area contributed by atoms with Crippen molar-refractivity contribution in [3.8, 4) is 0 Å². The summed E-state index contributed by atoms with van der Waals surface area (Å²) in [6.07, 6.45) is -8.05. The second kappa shape index (κ2) is 14.1. The van der Waals surface area contributed by atoms with Crippen LogP contribution >= 0.6 is 0 Å². The van der Waals surface area contributed by atoms with Crippen LogP contribution in [0.25, 0.3) is 0 Å². The van der Waals surface area contributed by atoms with E-state index in [-0.39, 0.29) is 26.4 Å². The summed E-state index contributed by atoms with van der Waals surface area (Å²) in [5.74, 6) is -1.51. The lowest BCUT2D eigenvalue weighted by molar-refractivity contribution is -0.527. The molecule has 12 heteroatoms. The zero-order valence-corrected chi connectivity index (χ0v) is 25.9. The Hall–Kier alpha value is -2.49. The number of benzene rings is 2. The van der Waals surface area contributed by atoms with E-state index in [1.807, 2.05) is 60.7 Å². The molecule has 2 aromatic carbocycles. The minimum absolute atomic E-state index is 0.0112. The lowest BCUT2D eigenvalue weighted by Gasteiger charge is -2.50. The molecule has 4 fully saturated rings. The van der Waals surface area contributed by atoms with Gasteiger partial charge in [-0.25, -0.2) is 4.79 Å². The van der Waals surface area contributed by atoms with Gasteiger partial charge in [0.2, 0.25) is 0 Å². The molecule has 246 valence electrons. The summed E-state index contributed by atoms with van der Waals surface area (Å²) in [4.78, 5) is 12.2. The smallest absolute Gasteiger partial charge is 0.331 e. The molecule has 2 aromatic rings. The van der Waals surface area contributed by atoms with Gasteiger partial charge in [0.05, 0.1) is 33.0 Å². The van der Waals surface area contributed by atoms with Crippen LogP contribution < -0.4 is 5.11 Å². The molecule has 4 saturated heterocycles. The van der Waals surface area contributed by atoms with Crippen molar-refractivity contribution in [2.75, 3.05) is 26.9 Å². The number of ether oxygens (including phenoxy) is 10. The molecule has 0 amide bonds. The Labute approximate surface area is 262 Å². The van der Waals surface area contributed by atoms with E-state index < -0.39 is 79.3 Å². The van der Waals surface area contributed by atoms with E-state index in [2.05, 4.69) is 0 Å². The number of methoxy groups -OCH3 is 1. The normalized spacial score (nSPS) is 37.4. The highest BCUT2D eigenvalue weighted by molar-refractivity contribution is 5.70. The summed E-state index contributed by atoms with van der Waals surface area (Å²) in [5, 5.41) is 12.6. The second-order valence-electron chi connectivity index (χ2n) is 12.1. The summed E-state index contributed by atoms with van der Waals surface area (Å²) < 4.78 is 60.7. The number of hydrogen-bond acceptors (Lipinski definition) is 12. The molecular formula is C33H41O12-. The molecule has 4 aliphatic heterocycles. The fraction of sp³-hybridized carbons (Fsp3) is 0.606. The van der Waals surface area contributed by atoms with Crippen LogP contribution in [-0.4, -0.2) is 99.9 Å². The van der Waals surface area contributed by atoms with E-state index in [1.165, 1.54) is 7.11 Å². The second-order valence-corrected chi connectivity index (χ2v) is 12.1. The lowest BCUT2D eigenvalue weighted by Crippen LogP contribution is -2.65. The quantitative estimate of drug-likeness (QED) is 0.356. The first kappa shape index (κ1) is 32.5. The van der Waals surface area contributed by atoms with Crippen molar-refractivity contribution in [2.24, 2.45) is 0 Å². The van der Waals surface area contributed by atoms with Crippen molar-refractivity contribution in [3.05, 3.63) is 71.8 Å². The monoisotopic (exact) mass is 629 g/mol. The largest absolute Gasteiger partial charge is 0.829 e. The first-order valence-corrected chi connectivity index (χ1v) is 15.3. The van der Waals surface area contributed by atoms with E-state index in [9.17, 15) is 9.90 Å². The lowest BCUT2D eigenvalue weighted by atomic mass is 9.93.